The second-order valence-electron chi connectivity index (χ2n) is 8.94. The number of benzene rings is 3. The molecule has 6 nitrogen and oxygen atoms in total. The summed E-state index contributed by atoms with van der Waals surface area (Å²) < 4.78 is 14.9. The predicted octanol–water partition coefficient (Wildman–Crippen LogP) is 6.56. The number of carbonyl (C=O) groups excluding carboxylic acids is 1. The largest absolute Gasteiger partial charge is 0.487 e. The Morgan fingerprint density at radius 1 is 1.10 bits per heavy atom. The van der Waals surface area contributed by atoms with E-state index >= 15 is 0 Å². The lowest BCUT2D eigenvalue weighted by atomic mass is 9.96. The lowest BCUT2D eigenvalue weighted by Crippen LogP contribution is -2.39. The molecule has 0 radical (unpaired) electrons. The Kier molecular flexibility index (Phi) is 8.75. The van der Waals surface area contributed by atoms with Crippen LogP contribution < -0.4 is 19.6 Å². The van der Waals surface area contributed by atoms with Crippen LogP contribution in [0.3, 0.4) is 0 Å². The number of halogens is 3. The molecule has 5 rings (SSSR count). The molecule has 4 aromatic rings. The number of fused-ring (bicyclic) bond motifs is 1. The molecule has 1 aliphatic rings. The second kappa shape index (κ2) is 12.3. The maximum Gasteiger partial charge on any atom is 0.338 e. The van der Waals surface area contributed by atoms with Gasteiger partial charge in [0.15, 0.2) is 4.80 Å². The number of esters is 1. The quantitative estimate of drug-likeness (QED) is 0.205. The Balaban J connectivity index is 1.56. The van der Waals surface area contributed by atoms with E-state index in [0.29, 0.717) is 38.0 Å². The molecule has 1 atom stereocenters. The van der Waals surface area contributed by atoms with Crippen LogP contribution in [0, 0.1) is 0 Å². The number of thiazole rings is 1. The number of hydrogen-bond acceptors (Lipinski definition) is 6. The summed E-state index contributed by atoms with van der Waals surface area (Å²) in [5.41, 5.74) is 3.17. The SMILES string of the molecule is CCOC(=O)C1=C(C)N=c2s/c(=C\c3cc(Br)c(OCc4ccccc4)c(Br)c3)c(=O)n2C1c1ccc(Cl)cc1. The van der Waals surface area contributed by atoms with Gasteiger partial charge in [0.25, 0.3) is 5.56 Å². The topological polar surface area (TPSA) is 69.9 Å². The molecule has 0 saturated carbocycles. The van der Waals surface area contributed by atoms with Crippen LogP contribution >= 0.6 is 54.8 Å². The van der Waals surface area contributed by atoms with E-state index in [9.17, 15) is 9.59 Å². The number of ether oxygens (including phenoxy) is 2. The maximum absolute atomic E-state index is 13.8. The van der Waals surface area contributed by atoms with Crippen molar-refractivity contribution < 1.29 is 14.3 Å². The second-order valence-corrected chi connectivity index (χ2v) is 12.1. The van der Waals surface area contributed by atoms with Crippen LogP contribution in [0.1, 0.15) is 36.6 Å². The van der Waals surface area contributed by atoms with Crippen molar-refractivity contribution in [2.45, 2.75) is 26.5 Å². The summed E-state index contributed by atoms with van der Waals surface area (Å²) >= 11 is 14.6. The summed E-state index contributed by atoms with van der Waals surface area (Å²) in [6.07, 6.45) is 1.81. The number of rotatable bonds is 7. The molecule has 0 N–H and O–H groups in total. The van der Waals surface area contributed by atoms with Gasteiger partial charge in [0, 0.05) is 5.02 Å². The third kappa shape index (κ3) is 5.88. The first-order chi connectivity index (χ1) is 19.3. The highest BCUT2D eigenvalue weighted by molar-refractivity contribution is 9.11. The van der Waals surface area contributed by atoms with Crippen molar-refractivity contribution in [2.75, 3.05) is 6.61 Å². The fourth-order valence-corrected chi connectivity index (χ4v) is 7.06. The summed E-state index contributed by atoms with van der Waals surface area (Å²) in [5, 5.41) is 0.557. The Hall–Kier alpha value is -2.98. The highest BCUT2D eigenvalue weighted by Gasteiger charge is 2.33. The average Bonchev–Trinajstić information content (AvgIpc) is 3.22. The van der Waals surface area contributed by atoms with Crippen molar-refractivity contribution in [1.29, 1.82) is 0 Å². The molecular weight excluding hydrogens is 680 g/mol. The third-order valence-corrected chi connectivity index (χ3v) is 8.66. The van der Waals surface area contributed by atoms with Crippen LogP contribution in [-0.4, -0.2) is 17.1 Å². The molecule has 0 bridgehead atoms. The van der Waals surface area contributed by atoms with Gasteiger partial charge in [-0.1, -0.05) is 65.4 Å². The Morgan fingerprint density at radius 2 is 1.77 bits per heavy atom. The minimum atomic E-state index is -0.693. The van der Waals surface area contributed by atoms with Gasteiger partial charge in [-0.15, -0.1) is 0 Å². The lowest BCUT2D eigenvalue weighted by molar-refractivity contribution is -0.139. The van der Waals surface area contributed by atoms with Crippen LogP contribution in [0.25, 0.3) is 6.08 Å². The molecule has 10 heteroatoms. The number of allylic oxidation sites excluding steroid dienone is 1. The summed E-state index contributed by atoms with van der Waals surface area (Å²) in [6, 6.07) is 20.1. The minimum absolute atomic E-state index is 0.211. The summed E-state index contributed by atoms with van der Waals surface area (Å²) in [7, 11) is 0. The van der Waals surface area contributed by atoms with E-state index in [1.54, 1.807) is 30.5 Å². The molecule has 204 valence electrons. The third-order valence-electron chi connectivity index (χ3n) is 6.25. The summed E-state index contributed by atoms with van der Waals surface area (Å²) in [5.74, 6) is 0.164. The molecule has 3 aromatic carbocycles. The van der Waals surface area contributed by atoms with Crippen LogP contribution in [0.2, 0.25) is 5.02 Å². The first-order valence-electron chi connectivity index (χ1n) is 12.4. The number of hydrogen-bond donors (Lipinski definition) is 0. The average molecular weight is 703 g/mol. The monoisotopic (exact) mass is 700 g/mol. The fourth-order valence-electron chi connectivity index (χ4n) is 4.43. The molecule has 1 aliphatic heterocycles. The minimum Gasteiger partial charge on any atom is -0.487 e. The fraction of sp³-hybridized carbons (Fsp3) is 0.167. The zero-order valence-corrected chi connectivity index (χ0v) is 26.2. The van der Waals surface area contributed by atoms with Crippen LogP contribution in [0.15, 0.2) is 96.7 Å². The van der Waals surface area contributed by atoms with Gasteiger partial charge in [0.2, 0.25) is 0 Å². The normalized spacial score (nSPS) is 15.0. The molecule has 0 saturated heterocycles. The van der Waals surface area contributed by atoms with Gasteiger partial charge in [-0.05, 0) is 92.7 Å². The van der Waals surface area contributed by atoms with Gasteiger partial charge >= 0.3 is 5.97 Å². The first kappa shape index (κ1) is 28.5. The number of aromatic nitrogens is 1. The smallest absolute Gasteiger partial charge is 0.338 e. The van der Waals surface area contributed by atoms with E-state index < -0.39 is 12.0 Å². The van der Waals surface area contributed by atoms with Crippen molar-refractivity contribution in [1.82, 2.24) is 4.57 Å². The molecular formula is C30H23Br2ClN2O4S. The molecule has 0 spiro atoms. The van der Waals surface area contributed by atoms with E-state index in [2.05, 4.69) is 36.9 Å². The van der Waals surface area contributed by atoms with Crippen LogP contribution in [0.5, 0.6) is 5.75 Å². The van der Waals surface area contributed by atoms with Crippen LogP contribution in [0.4, 0.5) is 0 Å². The van der Waals surface area contributed by atoms with Gasteiger partial charge in [-0.2, -0.15) is 0 Å². The number of nitrogens with zero attached hydrogens (tertiary/aromatic N) is 2. The van der Waals surface area contributed by atoms with E-state index in [-0.39, 0.29) is 12.2 Å². The summed E-state index contributed by atoms with van der Waals surface area (Å²) in [4.78, 5) is 32.0. The molecule has 0 amide bonds. The highest BCUT2D eigenvalue weighted by atomic mass is 79.9. The molecule has 40 heavy (non-hydrogen) atoms. The molecule has 1 aromatic heterocycles. The van der Waals surface area contributed by atoms with E-state index in [1.165, 1.54) is 11.3 Å². The van der Waals surface area contributed by atoms with E-state index in [0.717, 1.165) is 25.6 Å². The Morgan fingerprint density at radius 3 is 2.42 bits per heavy atom. The van der Waals surface area contributed by atoms with Crippen LogP contribution in [-0.2, 0) is 16.1 Å². The summed E-state index contributed by atoms with van der Waals surface area (Å²) in [6.45, 7) is 4.13. The number of carbonyl (C=O) groups is 1. The van der Waals surface area contributed by atoms with Crippen molar-refractivity contribution in [3.8, 4) is 5.75 Å². The molecule has 0 fully saturated rings. The van der Waals surface area contributed by atoms with Crippen molar-refractivity contribution >= 4 is 66.8 Å². The van der Waals surface area contributed by atoms with E-state index in [1.807, 2.05) is 60.7 Å². The van der Waals surface area contributed by atoms with Gasteiger partial charge in [0.05, 0.1) is 37.4 Å². The van der Waals surface area contributed by atoms with Gasteiger partial charge in [-0.3, -0.25) is 9.36 Å². The highest BCUT2D eigenvalue weighted by Crippen LogP contribution is 2.36. The zero-order valence-electron chi connectivity index (χ0n) is 21.5. The Bertz CT molecular complexity index is 1780. The van der Waals surface area contributed by atoms with Gasteiger partial charge in [-0.25, -0.2) is 9.79 Å². The van der Waals surface area contributed by atoms with Gasteiger partial charge < -0.3 is 9.47 Å². The predicted molar refractivity (Wildman–Crippen MR) is 164 cm³/mol. The maximum atomic E-state index is 13.8. The standard InChI is InChI=1S/C30H23Br2ClN2O4S/c1-3-38-29(37)25-17(2)34-30-35(26(25)20-9-11-21(33)12-10-20)28(36)24(40-30)15-19-13-22(31)27(23(32)14-19)39-16-18-7-5-4-6-8-18/h4-15,26H,3,16H2,1-2H3/b24-15-. The molecule has 2 heterocycles. The first-order valence-corrected chi connectivity index (χ1v) is 15.2. The van der Waals surface area contributed by atoms with Gasteiger partial charge in [0.1, 0.15) is 12.4 Å². The molecule has 0 aliphatic carbocycles. The molecule has 1 unspecified atom stereocenters. The Labute approximate surface area is 256 Å². The van der Waals surface area contributed by atoms with Crippen molar-refractivity contribution in [3.63, 3.8) is 0 Å². The lowest BCUT2D eigenvalue weighted by Gasteiger charge is -2.24. The zero-order chi connectivity index (χ0) is 28.4. The van der Waals surface area contributed by atoms with Crippen molar-refractivity contribution in [3.05, 3.63) is 128 Å². The van der Waals surface area contributed by atoms with Crippen molar-refractivity contribution in [2.24, 2.45) is 4.99 Å². The van der Waals surface area contributed by atoms with E-state index in [4.69, 9.17) is 21.1 Å².